The van der Waals surface area contributed by atoms with Crippen molar-refractivity contribution in [3.05, 3.63) is 53.1 Å². The first kappa shape index (κ1) is 27.5. The summed E-state index contributed by atoms with van der Waals surface area (Å²) in [5, 5.41) is 0.220. The van der Waals surface area contributed by atoms with Crippen molar-refractivity contribution in [3.8, 4) is 5.75 Å². The van der Waals surface area contributed by atoms with Crippen LogP contribution in [0.3, 0.4) is 0 Å². The van der Waals surface area contributed by atoms with E-state index >= 15 is 0 Å². The molecule has 2 aromatic carbocycles. The predicted octanol–water partition coefficient (Wildman–Crippen LogP) is 4.51. The zero-order valence-corrected chi connectivity index (χ0v) is 21.9. The molecule has 0 saturated carbocycles. The van der Waals surface area contributed by atoms with Gasteiger partial charge >= 0.3 is 6.18 Å². The van der Waals surface area contributed by atoms with Gasteiger partial charge in [-0.25, -0.2) is 8.42 Å². The van der Waals surface area contributed by atoms with Gasteiger partial charge in [0.2, 0.25) is 15.9 Å². The topological polar surface area (TPSA) is 70.2 Å². The highest BCUT2D eigenvalue weighted by atomic mass is 35.5. The minimum absolute atomic E-state index is 0.0372. The average molecular weight is 560 g/mol. The summed E-state index contributed by atoms with van der Waals surface area (Å²) < 4.78 is 72.1. The average Bonchev–Trinajstić information content (AvgIpc) is 2.89. The molecule has 0 atom stereocenters. The van der Waals surface area contributed by atoms with Crippen LogP contribution >= 0.6 is 11.6 Å². The van der Waals surface area contributed by atoms with E-state index in [0.717, 1.165) is 12.1 Å². The quantitative estimate of drug-likeness (QED) is 0.521. The molecular weight excluding hydrogens is 531 g/mol. The zero-order chi connectivity index (χ0) is 26.8. The minimum atomic E-state index is -4.41. The van der Waals surface area contributed by atoms with Gasteiger partial charge in [-0.1, -0.05) is 17.7 Å². The Balaban J connectivity index is 1.32. The molecule has 0 N–H and O–H groups in total. The second-order valence-corrected chi connectivity index (χ2v) is 11.4. The van der Waals surface area contributed by atoms with Crippen molar-refractivity contribution in [1.82, 2.24) is 9.21 Å². The molecule has 2 saturated heterocycles. The summed E-state index contributed by atoms with van der Waals surface area (Å²) in [6.07, 6.45) is -3.61. The number of hydrogen-bond acceptors (Lipinski definition) is 5. The summed E-state index contributed by atoms with van der Waals surface area (Å²) >= 11 is 6.17. The SMILES string of the molecule is CCOc1ccc(S(=O)(=O)N2CCC(C(=O)N3CCN(c4cccc(C(F)(F)F)c4)CC3)CC2)cc1Cl. The number of sulfonamides is 1. The van der Waals surface area contributed by atoms with E-state index in [1.807, 2.05) is 11.8 Å². The Morgan fingerprint density at radius 2 is 1.70 bits per heavy atom. The Hall–Kier alpha value is -2.50. The molecular formula is C25H29ClF3N3O4S. The van der Waals surface area contributed by atoms with Crippen molar-refractivity contribution in [2.45, 2.75) is 30.8 Å². The van der Waals surface area contributed by atoms with E-state index in [2.05, 4.69) is 0 Å². The van der Waals surface area contributed by atoms with Crippen LogP contribution in [0.25, 0.3) is 0 Å². The van der Waals surface area contributed by atoms with Gasteiger partial charge in [0.15, 0.2) is 0 Å². The van der Waals surface area contributed by atoms with Gasteiger partial charge < -0.3 is 14.5 Å². The third-order valence-electron chi connectivity index (χ3n) is 6.77. The fraction of sp³-hybridized carbons (Fsp3) is 0.480. The first-order valence-electron chi connectivity index (χ1n) is 12.1. The van der Waals surface area contributed by atoms with Gasteiger partial charge in [-0.15, -0.1) is 0 Å². The van der Waals surface area contributed by atoms with Crippen molar-refractivity contribution in [1.29, 1.82) is 0 Å². The molecule has 0 radical (unpaired) electrons. The van der Waals surface area contributed by atoms with Gasteiger partial charge in [-0.3, -0.25) is 4.79 Å². The number of hydrogen-bond donors (Lipinski definition) is 0. The molecule has 0 spiro atoms. The summed E-state index contributed by atoms with van der Waals surface area (Å²) in [5.41, 5.74) is -0.215. The third kappa shape index (κ3) is 6.15. The number of ether oxygens (including phenoxy) is 1. The van der Waals surface area contributed by atoms with Crippen LogP contribution in [0.15, 0.2) is 47.4 Å². The van der Waals surface area contributed by atoms with Gasteiger partial charge in [-0.05, 0) is 56.2 Å². The maximum Gasteiger partial charge on any atom is 0.416 e. The molecule has 202 valence electrons. The number of piperazine rings is 1. The van der Waals surface area contributed by atoms with Crippen LogP contribution in [0.5, 0.6) is 5.75 Å². The largest absolute Gasteiger partial charge is 0.492 e. The molecule has 37 heavy (non-hydrogen) atoms. The zero-order valence-electron chi connectivity index (χ0n) is 20.4. The van der Waals surface area contributed by atoms with E-state index in [-0.39, 0.29) is 34.8 Å². The number of anilines is 1. The van der Waals surface area contributed by atoms with E-state index in [9.17, 15) is 26.4 Å². The highest BCUT2D eigenvalue weighted by Crippen LogP contribution is 2.33. The summed E-state index contributed by atoms with van der Waals surface area (Å²) in [6.45, 7) is 4.31. The Kier molecular flexibility index (Phi) is 8.25. The molecule has 12 heteroatoms. The van der Waals surface area contributed by atoms with E-state index < -0.39 is 21.8 Å². The molecule has 2 aromatic rings. The molecule has 1 amide bonds. The second kappa shape index (κ2) is 11.1. The normalized spacial score (nSPS) is 18.2. The van der Waals surface area contributed by atoms with Crippen LogP contribution in [-0.4, -0.2) is 69.4 Å². The lowest BCUT2D eigenvalue weighted by Gasteiger charge is -2.39. The van der Waals surface area contributed by atoms with Gasteiger partial charge in [0.05, 0.1) is 22.1 Å². The molecule has 0 unspecified atom stereocenters. The monoisotopic (exact) mass is 559 g/mol. The van der Waals surface area contributed by atoms with Crippen LogP contribution < -0.4 is 9.64 Å². The van der Waals surface area contributed by atoms with E-state index in [4.69, 9.17) is 16.3 Å². The van der Waals surface area contributed by atoms with Gasteiger partial charge in [0.1, 0.15) is 5.75 Å². The summed E-state index contributed by atoms with van der Waals surface area (Å²) in [4.78, 5) is 16.8. The molecule has 0 aromatic heterocycles. The molecule has 0 bridgehead atoms. The number of benzene rings is 2. The molecule has 0 aliphatic carbocycles. The standard InChI is InChI=1S/C25H29ClF3N3O4S/c1-2-36-23-7-6-21(17-22(23)26)37(34,35)32-10-8-18(9-11-32)24(33)31-14-12-30(13-15-31)20-5-3-4-19(16-20)25(27,28)29/h3-7,16-18H,2,8-15H2,1H3. The Labute approximate surface area is 219 Å². The van der Waals surface area contributed by atoms with Gasteiger partial charge in [0, 0.05) is 50.9 Å². The number of alkyl halides is 3. The van der Waals surface area contributed by atoms with Crippen LogP contribution in [0.2, 0.25) is 5.02 Å². The predicted molar refractivity (Wildman–Crippen MR) is 134 cm³/mol. The number of carbonyl (C=O) groups is 1. The lowest BCUT2D eigenvalue weighted by atomic mass is 9.96. The highest BCUT2D eigenvalue weighted by Gasteiger charge is 2.35. The van der Waals surface area contributed by atoms with Gasteiger partial charge in [0.25, 0.3) is 0 Å². The van der Waals surface area contributed by atoms with E-state index in [1.54, 1.807) is 11.0 Å². The molecule has 2 aliphatic heterocycles. The number of halogens is 4. The summed E-state index contributed by atoms with van der Waals surface area (Å²) in [5.74, 6) is 0.0842. The van der Waals surface area contributed by atoms with Crippen LogP contribution in [-0.2, 0) is 21.0 Å². The molecule has 2 heterocycles. The molecule has 7 nitrogen and oxygen atoms in total. The van der Waals surface area contributed by atoms with Crippen molar-refractivity contribution in [2.24, 2.45) is 5.92 Å². The fourth-order valence-electron chi connectivity index (χ4n) is 4.73. The third-order valence-corrected chi connectivity index (χ3v) is 8.96. The lowest BCUT2D eigenvalue weighted by Crippen LogP contribution is -2.52. The number of nitrogens with zero attached hydrogens (tertiary/aromatic N) is 3. The fourth-order valence-corrected chi connectivity index (χ4v) is 6.53. The summed E-state index contributed by atoms with van der Waals surface area (Å²) in [7, 11) is -3.76. The highest BCUT2D eigenvalue weighted by molar-refractivity contribution is 7.89. The first-order valence-corrected chi connectivity index (χ1v) is 14.0. The number of piperidine rings is 1. The number of amides is 1. The van der Waals surface area contributed by atoms with Crippen molar-refractivity contribution < 1.29 is 31.1 Å². The first-order chi connectivity index (χ1) is 17.5. The molecule has 2 aliphatic rings. The summed E-state index contributed by atoms with van der Waals surface area (Å²) in [6, 6.07) is 9.58. The lowest BCUT2D eigenvalue weighted by molar-refractivity contribution is -0.137. The maximum absolute atomic E-state index is 13.1. The van der Waals surface area contributed by atoms with Crippen molar-refractivity contribution in [2.75, 3.05) is 50.8 Å². The van der Waals surface area contributed by atoms with Crippen molar-refractivity contribution >= 4 is 33.2 Å². The van der Waals surface area contributed by atoms with Gasteiger partial charge in [-0.2, -0.15) is 17.5 Å². The Bertz CT molecular complexity index is 1230. The van der Waals surface area contributed by atoms with E-state index in [0.29, 0.717) is 57.1 Å². The smallest absolute Gasteiger partial charge is 0.416 e. The maximum atomic E-state index is 13.1. The number of rotatable bonds is 6. The molecule has 4 rings (SSSR count). The Morgan fingerprint density at radius 1 is 1.03 bits per heavy atom. The van der Waals surface area contributed by atoms with Crippen LogP contribution in [0.4, 0.5) is 18.9 Å². The second-order valence-electron chi connectivity index (χ2n) is 9.06. The molecule has 2 fully saturated rings. The number of carbonyl (C=O) groups excluding carboxylic acids is 1. The van der Waals surface area contributed by atoms with Crippen molar-refractivity contribution in [3.63, 3.8) is 0 Å². The van der Waals surface area contributed by atoms with E-state index in [1.165, 1.54) is 28.6 Å². The van der Waals surface area contributed by atoms with Crippen LogP contribution in [0, 0.1) is 5.92 Å². The Morgan fingerprint density at radius 3 is 2.30 bits per heavy atom. The minimum Gasteiger partial charge on any atom is -0.492 e. The van der Waals surface area contributed by atoms with Crippen LogP contribution in [0.1, 0.15) is 25.3 Å².